The van der Waals surface area contributed by atoms with Gasteiger partial charge < -0.3 is 10.2 Å². The van der Waals surface area contributed by atoms with Gasteiger partial charge in [0.25, 0.3) is 0 Å². The number of aliphatic hydroxyl groups is 1. The van der Waals surface area contributed by atoms with Gasteiger partial charge in [0.2, 0.25) is 0 Å². The van der Waals surface area contributed by atoms with Gasteiger partial charge in [0.05, 0.1) is 0 Å². The lowest BCUT2D eigenvalue weighted by molar-refractivity contribution is -0.159. The fourth-order valence-electron chi connectivity index (χ4n) is 4.30. The minimum absolute atomic E-state index is 0.232. The van der Waals surface area contributed by atoms with E-state index in [1.54, 1.807) is 6.92 Å². The van der Waals surface area contributed by atoms with Crippen LogP contribution in [0, 0.1) is 11.8 Å². The van der Waals surface area contributed by atoms with Gasteiger partial charge in [-0.1, -0.05) is 65.2 Å². The molecule has 0 radical (unpaired) electrons. The van der Waals surface area contributed by atoms with Crippen molar-refractivity contribution in [1.82, 2.24) is 0 Å². The van der Waals surface area contributed by atoms with E-state index in [-0.39, 0.29) is 12.3 Å². The SMILES string of the molecule is CCCCCCCC[C@H]1CCC(=O)[C@@H]1CCCCCC(O)(CC)C(=O)O. The average molecular weight is 369 g/mol. The highest BCUT2D eigenvalue weighted by Crippen LogP contribution is 2.36. The number of aliphatic carboxylic acids is 1. The summed E-state index contributed by atoms with van der Waals surface area (Å²) in [6.07, 6.45) is 14.9. The van der Waals surface area contributed by atoms with Gasteiger partial charge in [0, 0.05) is 12.3 Å². The van der Waals surface area contributed by atoms with E-state index in [9.17, 15) is 14.7 Å². The second-order valence-corrected chi connectivity index (χ2v) is 8.22. The number of hydrogen-bond acceptors (Lipinski definition) is 3. The Hall–Kier alpha value is -0.900. The molecule has 3 atom stereocenters. The number of unbranched alkanes of at least 4 members (excludes halogenated alkanes) is 7. The molecule has 1 fully saturated rings. The Morgan fingerprint density at radius 1 is 1.00 bits per heavy atom. The van der Waals surface area contributed by atoms with Crippen LogP contribution in [0.15, 0.2) is 0 Å². The molecule has 0 aliphatic heterocycles. The van der Waals surface area contributed by atoms with Crippen LogP contribution in [-0.2, 0) is 9.59 Å². The maximum atomic E-state index is 12.2. The highest BCUT2D eigenvalue weighted by atomic mass is 16.4. The molecule has 2 N–H and O–H groups in total. The molecule has 0 aromatic rings. The number of Topliss-reactive ketones (excluding diaryl/α,β-unsaturated/α-hetero) is 1. The zero-order valence-corrected chi connectivity index (χ0v) is 17.0. The van der Waals surface area contributed by atoms with Crippen LogP contribution in [0.4, 0.5) is 0 Å². The van der Waals surface area contributed by atoms with Gasteiger partial charge in [-0.2, -0.15) is 0 Å². The largest absolute Gasteiger partial charge is 0.479 e. The molecule has 0 spiro atoms. The fourth-order valence-corrected chi connectivity index (χ4v) is 4.30. The predicted octanol–water partition coefficient (Wildman–Crippen LogP) is 5.51. The first kappa shape index (κ1) is 23.1. The first-order valence-corrected chi connectivity index (χ1v) is 10.9. The molecule has 4 heteroatoms. The highest BCUT2D eigenvalue weighted by molar-refractivity contribution is 5.83. The molecule has 0 heterocycles. The van der Waals surface area contributed by atoms with Crippen molar-refractivity contribution in [1.29, 1.82) is 0 Å². The van der Waals surface area contributed by atoms with Crippen molar-refractivity contribution in [2.45, 2.75) is 116 Å². The Morgan fingerprint density at radius 2 is 1.62 bits per heavy atom. The molecule has 26 heavy (non-hydrogen) atoms. The smallest absolute Gasteiger partial charge is 0.335 e. The minimum atomic E-state index is -1.58. The van der Waals surface area contributed by atoms with Crippen molar-refractivity contribution in [2.75, 3.05) is 0 Å². The van der Waals surface area contributed by atoms with Crippen molar-refractivity contribution in [3.63, 3.8) is 0 Å². The van der Waals surface area contributed by atoms with Crippen LogP contribution in [-0.4, -0.2) is 27.6 Å². The molecule has 0 aromatic carbocycles. The Kier molecular flexibility index (Phi) is 11.1. The van der Waals surface area contributed by atoms with E-state index in [1.165, 1.54) is 44.9 Å². The van der Waals surface area contributed by atoms with Crippen molar-refractivity contribution in [3.05, 3.63) is 0 Å². The third kappa shape index (κ3) is 7.77. The molecule has 0 bridgehead atoms. The van der Waals surface area contributed by atoms with Crippen LogP contribution >= 0.6 is 0 Å². The molecule has 0 saturated heterocycles. The lowest BCUT2D eigenvalue weighted by Gasteiger charge is -2.22. The van der Waals surface area contributed by atoms with Crippen LogP contribution in [0.5, 0.6) is 0 Å². The Labute approximate surface area is 159 Å². The second kappa shape index (κ2) is 12.5. The summed E-state index contributed by atoms with van der Waals surface area (Å²) < 4.78 is 0. The number of hydrogen-bond donors (Lipinski definition) is 2. The van der Waals surface area contributed by atoms with E-state index in [0.29, 0.717) is 24.5 Å². The average Bonchev–Trinajstić information content (AvgIpc) is 2.97. The van der Waals surface area contributed by atoms with Crippen LogP contribution < -0.4 is 0 Å². The maximum Gasteiger partial charge on any atom is 0.335 e. The molecule has 1 aliphatic carbocycles. The number of carboxylic acids is 1. The monoisotopic (exact) mass is 368 g/mol. The molecule has 1 unspecified atom stereocenters. The Morgan fingerprint density at radius 3 is 2.27 bits per heavy atom. The van der Waals surface area contributed by atoms with E-state index < -0.39 is 11.6 Å². The Bertz CT molecular complexity index is 420. The molecule has 4 nitrogen and oxygen atoms in total. The van der Waals surface area contributed by atoms with Gasteiger partial charge >= 0.3 is 5.97 Å². The molecule has 1 rings (SSSR count). The minimum Gasteiger partial charge on any atom is -0.479 e. The second-order valence-electron chi connectivity index (χ2n) is 8.22. The van der Waals surface area contributed by atoms with Gasteiger partial charge in [-0.3, -0.25) is 4.79 Å². The van der Waals surface area contributed by atoms with Crippen molar-refractivity contribution in [2.24, 2.45) is 11.8 Å². The third-order valence-electron chi connectivity index (χ3n) is 6.26. The standard InChI is InChI=1S/C22H40O4/c1-3-5-6-7-8-10-13-18-15-16-20(23)19(18)14-11-9-12-17-22(26,4-2)21(24)25/h18-19,26H,3-17H2,1-2H3,(H,24,25)/t18-,19+,22?/m0/s1. The first-order valence-electron chi connectivity index (χ1n) is 10.9. The quantitative estimate of drug-likeness (QED) is 0.374. The maximum absolute atomic E-state index is 12.2. The normalized spacial score (nSPS) is 22.5. The van der Waals surface area contributed by atoms with Gasteiger partial charge in [0.15, 0.2) is 5.60 Å². The van der Waals surface area contributed by atoms with Crippen molar-refractivity contribution >= 4 is 11.8 Å². The number of carbonyl (C=O) groups excluding carboxylic acids is 1. The highest BCUT2D eigenvalue weighted by Gasteiger charge is 2.34. The Balaban J connectivity index is 2.22. The van der Waals surface area contributed by atoms with Gasteiger partial charge in [-0.15, -0.1) is 0 Å². The van der Waals surface area contributed by atoms with E-state index in [0.717, 1.165) is 32.1 Å². The molecular formula is C22H40O4. The van der Waals surface area contributed by atoms with Crippen molar-refractivity contribution in [3.8, 4) is 0 Å². The van der Waals surface area contributed by atoms with Crippen molar-refractivity contribution < 1.29 is 19.8 Å². The van der Waals surface area contributed by atoms with Gasteiger partial charge in [0.1, 0.15) is 5.78 Å². The summed E-state index contributed by atoms with van der Waals surface area (Å²) in [4.78, 5) is 23.3. The van der Waals surface area contributed by atoms with E-state index >= 15 is 0 Å². The fraction of sp³-hybridized carbons (Fsp3) is 0.909. The third-order valence-corrected chi connectivity index (χ3v) is 6.26. The van der Waals surface area contributed by atoms with Crippen LogP contribution in [0.2, 0.25) is 0 Å². The molecule has 1 aliphatic rings. The lowest BCUT2D eigenvalue weighted by atomic mass is 9.85. The molecule has 0 amide bonds. The predicted molar refractivity (Wildman–Crippen MR) is 105 cm³/mol. The molecular weight excluding hydrogens is 328 g/mol. The summed E-state index contributed by atoms with van der Waals surface area (Å²) in [5.74, 6) is 0.122. The van der Waals surface area contributed by atoms with E-state index in [4.69, 9.17) is 5.11 Å². The number of ketones is 1. The zero-order chi connectivity index (χ0) is 19.4. The molecule has 1 saturated carbocycles. The topological polar surface area (TPSA) is 74.6 Å². The van der Waals surface area contributed by atoms with Crippen LogP contribution in [0.25, 0.3) is 0 Å². The van der Waals surface area contributed by atoms with Gasteiger partial charge in [-0.25, -0.2) is 4.79 Å². The van der Waals surface area contributed by atoms with E-state index in [2.05, 4.69) is 6.92 Å². The summed E-state index contributed by atoms with van der Waals surface area (Å²) >= 11 is 0. The number of carboxylic acid groups (broad SMARTS) is 1. The first-order chi connectivity index (χ1) is 12.4. The summed E-state index contributed by atoms with van der Waals surface area (Å²) in [6, 6.07) is 0. The lowest BCUT2D eigenvalue weighted by Crippen LogP contribution is -2.37. The summed E-state index contributed by atoms with van der Waals surface area (Å²) in [5, 5.41) is 19.1. The number of carbonyl (C=O) groups is 2. The molecule has 0 aromatic heterocycles. The zero-order valence-electron chi connectivity index (χ0n) is 17.0. The summed E-state index contributed by atoms with van der Waals surface area (Å²) in [5.41, 5.74) is -1.58. The summed E-state index contributed by atoms with van der Waals surface area (Å²) in [7, 11) is 0. The number of rotatable bonds is 15. The van der Waals surface area contributed by atoms with Gasteiger partial charge in [-0.05, 0) is 44.4 Å². The van der Waals surface area contributed by atoms with E-state index in [1.807, 2.05) is 0 Å². The molecule has 152 valence electrons. The van der Waals surface area contributed by atoms with Crippen LogP contribution in [0.3, 0.4) is 0 Å². The van der Waals surface area contributed by atoms with Crippen LogP contribution in [0.1, 0.15) is 110 Å². The summed E-state index contributed by atoms with van der Waals surface area (Å²) in [6.45, 7) is 3.94.